The van der Waals surface area contributed by atoms with E-state index in [9.17, 15) is 18.0 Å². The molecule has 1 fully saturated rings. The largest absolute Gasteiger partial charge is 0.416 e. The van der Waals surface area contributed by atoms with Gasteiger partial charge in [0.25, 0.3) is 0 Å². The zero-order chi connectivity index (χ0) is 21.2. The first-order chi connectivity index (χ1) is 13.7. The van der Waals surface area contributed by atoms with Crippen molar-refractivity contribution in [3.8, 4) is 11.4 Å². The zero-order valence-electron chi connectivity index (χ0n) is 16.6. The van der Waals surface area contributed by atoms with Crippen molar-refractivity contribution in [1.82, 2.24) is 14.9 Å². The van der Waals surface area contributed by atoms with E-state index in [1.807, 2.05) is 18.7 Å². The van der Waals surface area contributed by atoms with Crippen molar-refractivity contribution in [2.45, 2.75) is 20.0 Å². The van der Waals surface area contributed by atoms with E-state index in [1.54, 1.807) is 11.0 Å². The summed E-state index contributed by atoms with van der Waals surface area (Å²) in [6, 6.07) is 5.03. The number of ether oxygens (including phenoxy) is 1. The number of benzene rings is 1. The van der Waals surface area contributed by atoms with Crippen molar-refractivity contribution in [2.24, 2.45) is 0 Å². The molecule has 2 heterocycles. The monoisotopic (exact) mass is 408 g/mol. The predicted octanol–water partition coefficient (Wildman–Crippen LogP) is 3.07. The van der Waals surface area contributed by atoms with Gasteiger partial charge in [-0.3, -0.25) is 4.79 Å². The molecule has 1 aliphatic heterocycles. The van der Waals surface area contributed by atoms with E-state index in [0.717, 1.165) is 17.7 Å². The number of aryl methyl sites for hydroxylation is 1. The summed E-state index contributed by atoms with van der Waals surface area (Å²) in [5, 5.41) is 0. The number of amides is 1. The summed E-state index contributed by atoms with van der Waals surface area (Å²) < 4.78 is 44.1. The highest BCUT2D eigenvalue weighted by molar-refractivity contribution is 5.77. The molecule has 6 nitrogen and oxygen atoms in total. The average Bonchev–Trinajstić information content (AvgIpc) is 2.70. The Balaban J connectivity index is 1.87. The maximum absolute atomic E-state index is 13.1. The molecule has 1 amide bonds. The molecule has 0 unspecified atom stereocenters. The Morgan fingerprint density at radius 1 is 1.14 bits per heavy atom. The topological polar surface area (TPSA) is 58.6 Å². The molecular weight excluding hydrogens is 385 g/mol. The summed E-state index contributed by atoms with van der Waals surface area (Å²) in [7, 11) is 1.48. The normalized spacial score (nSPS) is 15.0. The summed E-state index contributed by atoms with van der Waals surface area (Å²) >= 11 is 0. The Bertz CT molecular complexity index is 894. The molecular formula is C20H23F3N4O2. The number of nitrogens with zero attached hydrogens (tertiary/aromatic N) is 4. The van der Waals surface area contributed by atoms with Gasteiger partial charge in [0.05, 0.1) is 5.56 Å². The van der Waals surface area contributed by atoms with Gasteiger partial charge in [-0.25, -0.2) is 9.97 Å². The molecule has 0 aliphatic carbocycles. The lowest BCUT2D eigenvalue weighted by Gasteiger charge is -2.36. The lowest BCUT2D eigenvalue weighted by Crippen LogP contribution is -2.50. The fourth-order valence-electron chi connectivity index (χ4n) is 3.27. The highest BCUT2D eigenvalue weighted by Crippen LogP contribution is 2.32. The van der Waals surface area contributed by atoms with Crippen LogP contribution < -0.4 is 4.90 Å². The first kappa shape index (κ1) is 21.0. The van der Waals surface area contributed by atoms with Crippen LogP contribution in [0.1, 0.15) is 16.8 Å². The van der Waals surface area contributed by atoms with Crippen molar-refractivity contribution >= 4 is 11.7 Å². The standard InChI is InChI=1S/C20H23F3N4O2/c1-13-14(2)24-18(15-5-4-6-16(11-15)20(21,22)23)25-19(13)27-9-7-26(8-10-27)17(28)12-29-3/h4-6,11H,7-10,12H2,1-3H3. The second kappa shape index (κ2) is 8.36. The van der Waals surface area contributed by atoms with Crippen LogP contribution in [0.2, 0.25) is 0 Å². The van der Waals surface area contributed by atoms with E-state index >= 15 is 0 Å². The Kier molecular flexibility index (Phi) is 6.07. The van der Waals surface area contributed by atoms with Crippen LogP contribution in [0.5, 0.6) is 0 Å². The average molecular weight is 408 g/mol. The van der Waals surface area contributed by atoms with Gasteiger partial charge in [-0.1, -0.05) is 12.1 Å². The quantitative estimate of drug-likeness (QED) is 0.778. The fraction of sp³-hybridized carbons (Fsp3) is 0.450. The Labute approximate surface area is 167 Å². The molecule has 3 rings (SSSR count). The number of anilines is 1. The summed E-state index contributed by atoms with van der Waals surface area (Å²) in [5.74, 6) is 0.878. The van der Waals surface area contributed by atoms with E-state index in [-0.39, 0.29) is 18.3 Å². The third-order valence-corrected chi connectivity index (χ3v) is 5.01. The predicted molar refractivity (Wildman–Crippen MR) is 103 cm³/mol. The molecule has 9 heteroatoms. The van der Waals surface area contributed by atoms with Crippen molar-refractivity contribution in [3.63, 3.8) is 0 Å². The van der Waals surface area contributed by atoms with Crippen molar-refractivity contribution in [2.75, 3.05) is 44.8 Å². The van der Waals surface area contributed by atoms with Gasteiger partial charge in [-0.2, -0.15) is 13.2 Å². The molecule has 2 aromatic rings. The van der Waals surface area contributed by atoms with Gasteiger partial charge in [0.2, 0.25) is 5.91 Å². The molecule has 1 saturated heterocycles. The van der Waals surface area contributed by atoms with Crippen LogP contribution >= 0.6 is 0 Å². The van der Waals surface area contributed by atoms with Crippen LogP contribution in [-0.4, -0.2) is 60.7 Å². The number of rotatable bonds is 4. The first-order valence-electron chi connectivity index (χ1n) is 9.25. The first-order valence-corrected chi connectivity index (χ1v) is 9.25. The molecule has 0 spiro atoms. The van der Waals surface area contributed by atoms with Crippen LogP contribution in [-0.2, 0) is 15.7 Å². The highest BCUT2D eigenvalue weighted by atomic mass is 19.4. The summed E-state index contributed by atoms with van der Waals surface area (Å²) in [4.78, 5) is 24.7. The van der Waals surface area contributed by atoms with Gasteiger partial charge in [-0.15, -0.1) is 0 Å². The van der Waals surface area contributed by atoms with Crippen LogP contribution in [0.3, 0.4) is 0 Å². The summed E-state index contributed by atoms with van der Waals surface area (Å²) in [6.45, 7) is 5.97. The minimum Gasteiger partial charge on any atom is -0.375 e. The maximum atomic E-state index is 13.1. The van der Waals surface area contributed by atoms with Gasteiger partial charge in [-0.05, 0) is 26.0 Å². The van der Waals surface area contributed by atoms with Gasteiger partial charge in [0.1, 0.15) is 12.4 Å². The van der Waals surface area contributed by atoms with Crippen molar-refractivity contribution in [1.29, 1.82) is 0 Å². The second-order valence-corrected chi connectivity index (χ2v) is 6.96. The van der Waals surface area contributed by atoms with Crippen LogP contribution in [0.25, 0.3) is 11.4 Å². The molecule has 156 valence electrons. The molecule has 1 aromatic heterocycles. The summed E-state index contributed by atoms with van der Waals surface area (Å²) in [5.41, 5.74) is 1.17. The zero-order valence-corrected chi connectivity index (χ0v) is 16.6. The molecule has 1 aromatic carbocycles. The van der Waals surface area contributed by atoms with E-state index < -0.39 is 11.7 Å². The lowest BCUT2D eigenvalue weighted by molar-refractivity contribution is -0.137. The van der Waals surface area contributed by atoms with E-state index in [2.05, 4.69) is 9.97 Å². The van der Waals surface area contributed by atoms with E-state index in [0.29, 0.717) is 43.3 Å². The molecule has 0 atom stereocenters. The van der Waals surface area contributed by atoms with Crippen molar-refractivity contribution < 1.29 is 22.7 Å². The maximum Gasteiger partial charge on any atom is 0.416 e. The number of piperazine rings is 1. The number of methoxy groups -OCH3 is 1. The molecule has 0 radical (unpaired) electrons. The number of halogens is 3. The lowest BCUT2D eigenvalue weighted by atomic mass is 10.1. The smallest absolute Gasteiger partial charge is 0.375 e. The molecule has 1 aliphatic rings. The van der Waals surface area contributed by atoms with Crippen LogP contribution in [0.15, 0.2) is 24.3 Å². The minimum atomic E-state index is -4.43. The number of carbonyl (C=O) groups excluding carboxylic acids is 1. The SMILES string of the molecule is COCC(=O)N1CCN(c2nc(-c3cccc(C(F)(F)F)c3)nc(C)c2C)CC1. The fourth-order valence-corrected chi connectivity index (χ4v) is 3.27. The minimum absolute atomic E-state index is 0.0470. The van der Waals surface area contributed by atoms with E-state index in [4.69, 9.17) is 4.74 Å². The Hall–Kier alpha value is -2.68. The highest BCUT2D eigenvalue weighted by Gasteiger charge is 2.31. The number of hydrogen-bond donors (Lipinski definition) is 0. The van der Waals surface area contributed by atoms with E-state index in [1.165, 1.54) is 13.2 Å². The van der Waals surface area contributed by atoms with Gasteiger partial charge in [0, 0.05) is 50.1 Å². The molecule has 0 bridgehead atoms. The number of aromatic nitrogens is 2. The molecule has 0 N–H and O–H groups in total. The molecule has 0 saturated carbocycles. The summed E-state index contributed by atoms with van der Waals surface area (Å²) in [6.07, 6.45) is -4.43. The number of hydrogen-bond acceptors (Lipinski definition) is 5. The van der Waals surface area contributed by atoms with Crippen LogP contribution in [0.4, 0.5) is 19.0 Å². The van der Waals surface area contributed by atoms with Crippen molar-refractivity contribution in [3.05, 3.63) is 41.1 Å². The van der Waals surface area contributed by atoms with Crippen LogP contribution in [0, 0.1) is 13.8 Å². The molecule has 29 heavy (non-hydrogen) atoms. The third kappa shape index (κ3) is 4.67. The second-order valence-electron chi connectivity index (χ2n) is 6.96. The number of carbonyl (C=O) groups is 1. The Morgan fingerprint density at radius 3 is 2.45 bits per heavy atom. The third-order valence-electron chi connectivity index (χ3n) is 5.01. The van der Waals surface area contributed by atoms with Gasteiger partial charge >= 0.3 is 6.18 Å². The van der Waals surface area contributed by atoms with Gasteiger partial charge < -0.3 is 14.5 Å². The number of alkyl halides is 3. The Morgan fingerprint density at radius 2 is 1.83 bits per heavy atom. The van der Waals surface area contributed by atoms with Gasteiger partial charge in [0.15, 0.2) is 5.82 Å².